The maximum Gasteiger partial charge on any atom is 0.310 e. The van der Waals surface area contributed by atoms with E-state index in [1.54, 1.807) is 0 Å². The SMILES string of the molecule is CC[C@H]1[C@@H](C(=O)OC)C[C@H]2CNCC(=O)N21.Cl. The summed E-state index contributed by atoms with van der Waals surface area (Å²) in [7, 11) is 1.41. The van der Waals surface area contributed by atoms with E-state index in [-0.39, 0.29) is 42.3 Å². The summed E-state index contributed by atoms with van der Waals surface area (Å²) in [5, 5.41) is 3.08. The topological polar surface area (TPSA) is 58.6 Å². The molecule has 2 heterocycles. The number of halogens is 1. The molecule has 2 aliphatic rings. The van der Waals surface area contributed by atoms with Gasteiger partial charge in [-0.25, -0.2) is 0 Å². The summed E-state index contributed by atoms with van der Waals surface area (Å²) in [5.41, 5.74) is 0. The first-order valence-corrected chi connectivity index (χ1v) is 5.78. The van der Waals surface area contributed by atoms with Gasteiger partial charge >= 0.3 is 5.97 Å². The third kappa shape index (κ3) is 2.40. The monoisotopic (exact) mass is 262 g/mol. The summed E-state index contributed by atoms with van der Waals surface area (Å²) in [5.74, 6) is -0.229. The first kappa shape index (κ1) is 14.3. The molecule has 0 aliphatic carbocycles. The molecular formula is C11H19ClN2O3. The molecule has 0 saturated carbocycles. The van der Waals surface area contributed by atoms with Crippen LogP contribution in [0.25, 0.3) is 0 Å². The highest BCUT2D eigenvalue weighted by molar-refractivity contribution is 5.85. The lowest BCUT2D eigenvalue weighted by molar-refractivity contribution is -0.147. The lowest BCUT2D eigenvalue weighted by atomic mass is 9.97. The average molecular weight is 263 g/mol. The number of hydrogen-bond donors (Lipinski definition) is 1. The van der Waals surface area contributed by atoms with Gasteiger partial charge < -0.3 is 15.0 Å². The van der Waals surface area contributed by atoms with Gasteiger partial charge in [-0.15, -0.1) is 12.4 Å². The van der Waals surface area contributed by atoms with Crippen LogP contribution in [-0.2, 0) is 14.3 Å². The molecule has 1 N–H and O–H groups in total. The van der Waals surface area contributed by atoms with Gasteiger partial charge in [0.1, 0.15) is 0 Å². The number of amides is 1. The zero-order valence-electron chi connectivity index (χ0n) is 10.1. The van der Waals surface area contributed by atoms with Crippen molar-refractivity contribution in [3.05, 3.63) is 0 Å². The largest absolute Gasteiger partial charge is 0.469 e. The summed E-state index contributed by atoms with van der Waals surface area (Å²) in [6, 6.07) is 0.183. The molecule has 3 atom stereocenters. The molecule has 0 aromatic carbocycles. The predicted octanol–water partition coefficient (Wildman–Crippen LogP) is 0.180. The second-order valence-electron chi connectivity index (χ2n) is 4.43. The fourth-order valence-electron chi connectivity index (χ4n) is 2.92. The van der Waals surface area contributed by atoms with Gasteiger partial charge in [-0.05, 0) is 12.8 Å². The molecule has 0 radical (unpaired) electrons. The zero-order valence-corrected chi connectivity index (χ0v) is 11.0. The molecule has 2 rings (SSSR count). The Morgan fingerprint density at radius 2 is 2.29 bits per heavy atom. The van der Waals surface area contributed by atoms with Crippen LogP contribution in [0.5, 0.6) is 0 Å². The van der Waals surface area contributed by atoms with Crippen molar-refractivity contribution >= 4 is 24.3 Å². The molecule has 0 spiro atoms. The summed E-state index contributed by atoms with van der Waals surface area (Å²) in [4.78, 5) is 25.4. The van der Waals surface area contributed by atoms with E-state index in [1.807, 2.05) is 11.8 Å². The lowest BCUT2D eigenvalue weighted by Crippen LogP contribution is -2.54. The van der Waals surface area contributed by atoms with E-state index in [4.69, 9.17) is 4.74 Å². The van der Waals surface area contributed by atoms with Crippen LogP contribution >= 0.6 is 12.4 Å². The third-order valence-corrected chi connectivity index (χ3v) is 3.61. The number of nitrogens with one attached hydrogen (secondary N) is 1. The van der Waals surface area contributed by atoms with Crippen LogP contribution < -0.4 is 5.32 Å². The maximum atomic E-state index is 11.8. The van der Waals surface area contributed by atoms with Crippen molar-refractivity contribution in [2.75, 3.05) is 20.2 Å². The third-order valence-electron chi connectivity index (χ3n) is 3.61. The Hall–Kier alpha value is -0.810. The summed E-state index contributed by atoms with van der Waals surface area (Å²) in [6.45, 7) is 3.19. The van der Waals surface area contributed by atoms with Crippen LogP contribution in [0.15, 0.2) is 0 Å². The van der Waals surface area contributed by atoms with Gasteiger partial charge in [0.15, 0.2) is 0 Å². The van der Waals surface area contributed by atoms with Crippen LogP contribution in [0.1, 0.15) is 19.8 Å². The van der Waals surface area contributed by atoms with Crippen molar-refractivity contribution in [2.24, 2.45) is 5.92 Å². The molecule has 98 valence electrons. The number of esters is 1. The molecule has 1 amide bonds. The summed E-state index contributed by atoms with van der Waals surface area (Å²) < 4.78 is 4.81. The molecule has 0 unspecified atom stereocenters. The summed E-state index contributed by atoms with van der Waals surface area (Å²) in [6.07, 6.45) is 1.53. The molecule has 17 heavy (non-hydrogen) atoms. The average Bonchev–Trinajstić information content (AvgIpc) is 2.68. The minimum Gasteiger partial charge on any atom is -0.469 e. The zero-order chi connectivity index (χ0) is 11.7. The number of methoxy groups -OCH3 is 1. The number of nitrogens with zero attached hydrogens (tertiary/aromatic N) is 1. The molecule has 6 heteroatoms. The van der Waals surface area contributed by atoms with Crippen LogP contribution in [0.2, 0.25) is 0 Å². The second-order valence-corrected chi connectivity index (χ2v) is 4.43. The van der Waals surface area contributed by atoms with Gasteiger partial charge in [0.25, 0.3) is 0 Å². The molecule has 5 nitrogen and oxygen atoms in total. The number of rotatable bonds is 2. The van der Waals surface area contributed by atoms with Gasteiger partial charge in [0, 0.05) is 18.6 Å². The van der Waals surface area contributed by atoms with Crippen LogP contribution in [0.3, 0.4) is 0 Å². The van der Waals surface area contributed by atoms with E-state index in [0.29, 0.717) is 6.54 Å². The van der Waals surface area contributed by atoms with E-state index < -0.39 is 0 Å². The van der Waals surface area contributed by atoms with E-state index in [2.05, 4.69) is 5.32 Å². The Morgan fingerprint density at radius 3 is 2.88 bits per heavy atom. The molecule has 0 aromatic rings. The van der Waals surface area contributed by atoms with Crippen molar-refractivity contribution in [3.63, 3.8) is 0 Å². The van der Waals surface area contributed by atoms with Crippen molar-refractivity contribution in [3.8, 4) is 0 Å². The van der Waals surface area contributed by atoms with Crippen molar-refractivity contribution in [2.45, 2.75) is 31.8 Å². The second kappa shape index (κ2) is 5.69. The first-order valence-electron chi connectivity index (χ1n) is 5.78. The van der Waals surface area contributed by atoms with E-state index in [0.717, 1.165) is 19.4 Å². The highest BCUT2D eigenvalue weighted by Gasteiger charge is 2.47. The van der Waals surface area contributed by atoms with Gasteiger partial charge in [-0.1, -0.05) is 6.92 Å². The minimum absolute atomic E-state index is 0. The fourth-order valence-corrected chi connectivity index (χ4v) is 2.92. The highest BCUT2D eigenvalue weighted by atomic mass is 35.5. The minimum atomic E-state index is -0.186. The van der Waals surface area contributed by atoms with Gasteiger partial charge in [0.05, 0.1) is 19.6 Å². The van der Waals surface area contributed by atoms with Crippen LogP contribution in [0, 0.1) is 5.92 Å². The lowest BCUT2D eigenvalue weighted by Gasteiger charge is -2.34. The Morgan fingerprint density at radius 1 is 1.59 bits per heavy atom. The normalized spacial score (nSPS) is 31.8. The van der Waals surface area contributed by atoms with Gasteiger partial charge in [-0.3, -0.25) is 9.59 Å². The van der Waals surface area contributed by atoms with E-state index in [1.165, 1.54) is 7.11 Å². The number of ether oxygens (including phenoxy) is 1. The smallest absolute Gasteiger partial charge is 0.310 e. The summed E-state index contributed by atoms with van der Waals surface area (Å²) >= 11 is 0. The van der Waals surface area contributed by atoms with Gasteiger partial charge in [-0.2, -0.15) is 0 Å². The van der Waals surface area contributed by atoms with Crippen molar-refractivity contribution in [1.82, 2.24) is 10.2 Å². The number of piperazine rings is 1. The molecule has 0 bridgehead atoms. The molecule has 2 aliphatic heterocycles. The highest BCUT2D eigenvalue weighted by Crippen LogP contribution is 2.33. The van der Waals surface area contributed by atoms with Crippen molar-refractivity contribution in [1.29, 1.82) is 0 Å². The Labute approximate surface area is 107 Å². The molecular weight excluding hydrogens is 244 g/mol. The first-order chi connectivity index (χ1) is 7.69. The van der Waals surface area contributed by atoms with Gasteiger partial charge in [0.2, 0.25) is 5.91 Å². The molecule has 2 fully saturated rings. The Balaban J connectivity index is 0.00000144. The predicted molar refractivity (Wildman–Crippen MR) is 65.0 cm³/mol. The van der Waals surface area contributed by atoms with E-state index >= 15 is 0 Å². The van der Waals surface area contributed by atoms with Crippen LogP contribution in [0.4, 0.5) is 0 Å². The molecule has 2 saturated heterocycles. The number of carbonyl (C=O) groups is 2. The number of carbonyl (C=O) groups excluding carboxylic acids is 2. The van der Waals surface area contributed by atoms with E-state index in [9.17, 15) is 9.59 Å². The maximum absolute atomic E-state index is 11.8. The Kier molecular flexibility index (Phi) is 4.77. The number of fused-ring (bicyclic) bond motifs is 1. The quantitative estimate of drug-likeness (QED) is 0.722. The Bertz CT molecular complexity index is 311. The standard InChI is InChI=1S/C11H18N2O3.ClH/c1-3-9-8(11(15)16-2)4-7-5-12-6-10(14)13(7)9;/h7-9,12H,3-6H2,1-2H3;1H/t7-,8-,9-;/m0./s1. The number of hydrogen-bond acceptors (Lipinski definition) is 4. The molecule has 0 aromatic heterocycles. The van der Waals surface area contributed by atoms with Crippen LogP contribution in [-0.4, -0.2) is 49.1 Å². The van der Waals surface area contributed by atoms with Crippen molar-refractivity contribution < 1.29 is 14.3 Å². The fraction of sp³-hybridized carbons (Fsp3) is 0.818.